The van der Waals surface area contributed by atoms with Crippen molar-refractivity contribution in [3.05, 3.63) is 11.6 Å². The van der Waals surface area contributed by atoms with Gasteiger partial charge in [0.05, 0.1) is 0 Å². The lowest BCUT2D eigenvalue weighted by Crippen LogP contribution is -2.35. The van der Waals surface area contributed by atoms with Gasteiger partial charge in [-0.3, -0.25) is 5.10 Å². The topological polar surface area (TPSA) is 67.6 Å². The number of aromatic amines is 1. The number of nitrogens with one attached hydrogen (secondary N) is 1. The highest BCUT2D eigenvalue weighted by molar-refractivity contribution is 5.13. The fourth-order valence-electron chi connectivity index (χ4n) is 2.98. The van der Waals surface area contributed by atoms with Gasteiger partial charge in [0, 0.05) is 17.9 Å². The van der Waals surface area contributed by atoms with E-state index in [9.17, 15) is 0 Å². The van der Waals surface area contributed by atoms with Crippen molar-refractivity contribution in [2.75, 3.05) is 6.54 Å². The van der Waals surface area contributed by atoms with Crippen LogP contribution in [0.2, 0.25) is 0 Å². The molecule has 0 amide bonds. The molecule has 0 atom stereocenters. The van der Waals surface area contributed by atoms with Crippen LogP contribution in [0.15, 0.2) is 0 Å². The third-order valence-corrected chi connectivity index (χ3v) is 4.39. The van der Waals surface area contributed by atoms with E-state index in [1.165, 1.54) is 38.5 Å². The molecule has 0 aromatic carbocycles. The first-order valence-electron chi connectivity index (χ1n) is 6.97. The monoisotopic (exact) mass is 234 g/mol. The van der Waals surface area contributed by atoms with E-state index in [-0.39, 0.29) is 5.41 Å². The molecule has 0 spiro atoms. The van der Waals surface area contributed by atoms with E-state index in [0.717, 1.165) is 24.5 Å². The van der Waals surface area contributed by atoms with E-state index >= 15 is 0 Å². The van der Waals surface area contributed by atoms with Crippen LogP contribution in [0.3, 0.4) is 0 Å². The predicted octanol–water partition coefficient (Wildman–Crippen LogP) is 2.23. The SMILES string of the molecule is NCC1(c2n[nH]c(C3CC3)n2)CCCCCC1. The first-order valence-corrected chi connectivity index (χ1v) is 6.97. The maximum absolute atomic E-state index is 6.05. The average molecular weight is 234 g/mol. The molecule has 0 bridgehead atoms. The Hall–Kier alpha value is -0.900. The van der Waals surface area contributed by atoms with Gasteiger partial charge in [0.1, 0.15) is 5.82 Å². The molecule has 2 saturated carbocycles. The third-order valence-electron chi connectivity index (χ3n) is 4.39. The van der Waals surface area contributed by atoms with Gasteiger partial charge in [-0.25, -0.2) is 4.98 Å². The second-order valence-electron chi connectivity index (χ2n) is 5.72. The van der Waals surface area contributed by atoms with Gasteiger partial charge in [-0.1, -0.05) is 25.7 Å². The average Bonchev–Trinajstić information content (AvgIpc) is 3.14. The normalized spacial score (nSPS) is 24.5. The van der Waals surface area contributed by atoms with Crippen LogP contribution in [0.5, 0.6) is 0 Å². The highest BCUT2D eigenvalue weighted by Gasteiger charge is 2.37. The zero-order valence-electron chi connectivity index (χ0n) is 10.4. The van der Waals surface area contributed by atoms with E-state index in [1.807, 2.05) is 0 Å². The van der Waals surface area contributed by atoms with Crippen molar-refractivity contribution >= 4 is 0 Å². The fourth-order valence-corrected chi connectivity index (χ4v) is 2.98. The van der Waals surface area contributed by atoms with Gasteiger partial charge in [-0.2, -0.15) is 5.10 Å². The lowest BCUT2D eigenvalue weighted by atomic mass is 9.79. The number of hydrogen-bond acceptors (Lipinski definition) is 3. The summed E-state index contributed by atoms with van der Waals surface area (Å²) in [7, 11) is 0. The summed E-state index contributed by atoms with van der Waals surface area (Å²) in [6.45, 7) is 0.689. The van der Waals surface area contributed by atoms with E-state index in [2.05, 4.69) is 10.2 Å². The Kier molecular flexibility index (Phi) is 2.90. The van der Waals surface area contributed by atoms with Crippen molar-refractivity contribution in [2.45, 2.75) is 62.7 Å². The van der Waals surface area contributed by atoms with Crippen LogP contribution in [-0.2, 0) is 5.41 Å². The minimum atomic E-state index is 0.0557. The number of nitrogens with zero attached hydrogens (tertiary/aromatic N) is 2. The maximum atomic E-state index is 6.05. The van der Waals surface area contributed by atoms with Gasteiger partial charge >= 0.3 is 0 Å². The smallest absolute Gasteiger partial charge is 0.158 e. The van der Waals surface area contributed by atoms with Crippen LogP contribution in [-0.4, -0.2) is 21.7 Å². The standard InChI is InChI=1S/C13H22N4/c14-9-13(7-3-1-2-4-8-13)12-15-11(16-17-12)10-5-6-10/h10H,1-9,14H2,(H,15,16,17). The molecule has 94 valence electrons. The predicted molar refractivity (Wildman–Crippen MR) is 66.8 cm³/mol. The van der Waals surface area contributed by atoms with Crippen molar-refractivity contribution < 1.29 is 0 Å². The molecule has 1 aromatic rings. The van der Waals surface area contributed by atoms with Crippen LogP contribution in [0.1, 0.15) is 68.9 Å². The Bertz CT molecular complexity index is 373. The van der Waals surface area contributed by atoms with Gasteiger partial charge in [0.25, 0.3) is 0 Å². The number of nitrogens with two attached hydrogens (primary N) is 1. The lowest BCUT2D eigenvalue weighted by Gasteiger charge is -2.27. The van der Waals surface area contributed by atoms with E-state index in [1.54, 1.807) is 0 Å². The molecule has 0 unspecified atom stereocenters. The summed E-state index contributed by atoms with van der Waals surface area (Å²) in [6.07, 6.45) is 10.1. The van der Waals surface area contributed by atoms with Gasteiger partial charge in [-0.05, 0) is 25.7 Å². The first kappa shape index (κ1) is 11.2. The summed E-state index contributed by atoms with van der Waals surface area (Å²) >= 11 is 0. The molecule has 3 rings (SSSR count). The molecule has 1 heterocycles. The zero-order valence-corrected chi connectivity index (χ0v) is 10.4. The Morgan fingerprint density at radius 2 is 1.88 bits per heavy atom. The van der Waals surface area contributed by atoms with Crippen LogP contribution in [0, 0.1) is 0 Å². The Labute approximate surface area is 102 Å². The summed E-state index contributed by atoms with van der Waals surface area (Å²) in [5.41, 5.74) is 6.10. The zero-order chi connectivity index (χ0) is 11.7. The van der Waals surface area contributed by atoms with Crippen molar-refractivity contribution in [1.82, 2.24) is 15.2 Å². The quantitative estimate of drug-likeness (QED) is 0.788. The minimum Gasteiger partial charge on any atom is -0.329 e. The van der Waals surface area contributed by atoms with E-state index in [0.29, 0.717) is 12.5 Å². The van der Waals surface area contributed by atoms with Gasteiger partial charge < -0.3 is 5.73 Å². The molecule has 0 saturated heterocycles. The molecule has 2 fully saturated rings. The molecular weight excluding hydrogens is 212 g/mol. The van der Waals surface area contributed by atoms with Crippen molar-refractivity contribution in [1.29, 1.82) is 0 Å². The van der Waals surface area contributed by atoms with Crippen LogP contribution in [0.4, 0.5) is 0 Å². The minimum absolute atomic E-state index is 0.0557. The second kappa shape index (κ2) is 4.41. The molecule has 0 aliphatic heterocycles. The van der Waals surface area contributed by atoms with Gasteiger partial charge in [0.2, 0.25) is 0 Å². The first-order chi connectivity index (χ1) is 8.34. The third kappa shape index (κ3) is 2.10. The number of aromatic nitrogens is 3. The van der Waals surface area contributed by atoms with Crippen LogP contribution < -0.4 is 5.73 Å². The molecule has 2 aliphatic carbocycles. The van der Waals surface area contributed by atoms with E-state index in [4.69, 9.17) is 10.7 Å². The number of hydrogen-bond donors (Lipinski definition) is 2. The fraction of sp³-hybridized carbons (Fsp3) is 0.846. The Morgan fingerprint density at radius 3 is 2.47 bits per heavy atom. The summed E-state index contributed by atoms with van der Waals surface area (Å²) in [4.78, 5) is 4.73. The Morgan fingerprint density at radius 1 is 1.18 bits per heavy atom. The summed E-state index contributed by atoms with van der Waals surface area (Å²) in [5, 5.41) is 7.60. The molecule has 4 heteroatoms. The molecule has 17 heavy (non-hydrogen) atoms. The van der Waals surface area contributed by atoms with Gasteiger partial charge in [-0.15, -0.1) is 0 Å². The van der Waals surface area contributed by atoms with Crippen LogP contribution >= 0.6 is 0 Å². The highest BCUT2D eigenvalue weighted by atomic mass is 15.2. The summed E-state index contributed by atoms with van der Waals surface area (Å²) < 4.78 is 0. The van der Waals surface area contributed by atoms with Gasteiger partial charge in [0.15, 0.2) is 5.82 Å². The molecule has 4 nitrogen and oxygen atoms in total. The number of rotatable bonds is 3. The molecular formula is C13H22N4. The lowest BCUT2D eigenvalue weighted by molar-refractivity contribution is 0.360. The Balaban J connectivity index is 1.85. The number of H-pyrrole nitrogens is 1. The molecule has 1 aromatic heterocycles. The molecule has 0 radical (unpaired) electrons. The second-order valence-corrected chi connectivity index (χ2v) is 5.72. The highest BCUT2D eigenvalue weighted by Crippen LogP contribution is 2.40. The van der Waals surface area contributed by atoms with Crippen molar-refractivity contribution in [3.63, 3.8) is 0 Å². The molecule has 3 N–H and O–H groups in total. The summed E-state index contributed by atoms with van der Waals surface area (Å²) in [5.74, 6) is 2.73. The molecule has 2 aliphatic rings. The van der Waals surface area contributed by atoms with Crippen molar-refractivity contribution in [2.24, 2.45) is 5.73 Å². The van der Waals surface area contributed by atoms with Crippen LogP contribution in [0.25, 0.3) is 0 Å². The van der Waals surface area contributed by atoms with Crippen molar-refractivity contribution in [3.8, 4) is 0 Å². The largest absolute Gasteiger partial charge is 0.329 e. The van der Waals surface area contributed by atoms with E-state index < -0.39 is 0 Å². The summed E-state index contributed by atoms with van der Waals surface area (Å²) in [6, 6.07) is 0. The maximum Gasteiger partial charge on any atom is 0.158 e.